The summed E-state index contributed by atoms with van der Waals surface area (Å²) >= 11 is 0. The number of pyridine rings is 1. The van der Waals surface area contributed by atoms with Gasteiger partial charge in [-0.2, -0.15) is 0 Å². The number of aromatic nitrogens is 1. The predicted octanol–water partition coefficient (Wildman–Crippen LogP) is 3.06. The monoisotopic (exact) mass is 323 g/mol. The Bertz CT molecular complexity index is 760. The van der Waals surface area contributed by atoms with Crippen LogP contribution in [0.2, 0.25) is 0 Å². The topological polar surface area (TPSA) is 38.7 Å². The van der Waals surface area contributed by atoms with Gasteiger partial charge in [-0.25, -0.2) is 4.39 Å². The molecule has 0 aliphatic rings. The van der Waals surface area contributed by atoms with E-state index in [1.54, 1.807) is 12.1 Å². The number of halogens is 1. The van der Waals surface area contributed by atoms with Crippen molar-refractivity contribution in [2.24, 2.45) is 0 Å². The van der Waals surface area contributed by atoms with Gasteiger partial charge in [0.05, 0.1) is 0 Å². The molecule has 0 radical (unpaired) electrons. The van der Waals surface area contributed by atoms with E-state index in [4.69, 9.17) is 4.74 Å². The van der Waals surface area contributed by atoms with Crippen LogP contribution in [0, 0.1) is 5.82 Å². The molecule has 3 aromatic rings. The van der Waals surface area contributed by atoms with Gasteiger partial charge in [0.1, 0.15) is 31.3 Å². The van der Waals surface area contributed by atoms with E-state index in [0.29, 0.717) is 6.61 Å². The van der Waals surface area contributed by atoms with Crippen molar-refractivity contribution in [3.05, 3.63) is 95.6 Å². The number of ether oxygens (including phenoxy) is 1. The van der Waals surface area contributed by atoms with E-state index in [-0.39, 0.29) is 5.82 Å². The zero-order valence-corrected chi connectivity index (χ0v) is 13.4. The number of quaternary nitrogens is 1. The number of nitrogens with two attached hydrogens (primary N) is 1. The van der Waals surface area contributed by atoms with Crippen molar-refractivity contribution >= 4 is 0 Å². The lowest BCUT2D eigenvalue weighted by Crippen LogP contribution is -2.80. The number of hydrogen-bond acceptors (Lipinski definition) is 2. The molecule has 1 aromatic heterocycles. The summed E-state index contributed by atoms with van der Waals surface area (Å²) in [5.74, 6) is 0.597. The molecule has 0 bridgehead atoms. The fraction of sp³-hybridized carbons (Fsp3) is 0.150. The summed E-state index contributed by atoms with van der Waals surface area (Å²) in [7, 11) is 0. The van der Waals surface area contributed by atoms with Crippen LogP contribution < -0.4 is 10.1 Å². The van der Waals surface area contributed by atoms with Gasteiger partial charge in [0.15, 0.2) is 0 Å². The molecule has 1 heterocycles. The van der Waals surface area contributed by atoms with Crippen LogP contribution in [-0.2, 0) is 19.7 Å². The van der Waals surface area contributed by atoms with E-state index in [2.05, 4.69) is 16.4 Å². The van der Waals surface area contributed by atoms with Gasteiger partial charge in [-0.05, 0) is 42.0 Å². The van der Waals surface area contributed by atoms with Crippen molar-refractivity contribution in [1.82, 2.24) is 4.98 Å². The number of hydrogen-bond donors (Lipinski definition) is 1. The van der Waals surface area contributed by atoms with E-state index < -0.39 is 0 Å². The summed E-state index contributed by atoms with van der Waals surface area (Å²) in [4.78, 5) is 4.02. The summed E-state index contributed by atoms with van der Waals surface area (Å²) in [5, 5.41) is 2.24. The summed E-state index contributed by atoms with van der Waals surface area (Å²) in [5.41, 5.74) is 3.42. The second-order valence-electron chi connectivity index (χ2n) is 5.61. The number of benzene rings is 2. The van der Waals surface area contributed by atoms with Crippen molar-refractivity contribution in [3.63, 3.8) is 0 Å². The van der Waals surface area contributed by atoms with Gasteiger partial charge in [0.2, 0.25) is 0 Å². The Morgan fingerprint density at radius 3 is 2.38 bits per heavy atom. The quantitative estimate of drug-likeness (QED) is 0.726. The average Bonchev–Trinajstić information content (AvgIpc) is 2.63. The molecule has 0 spiro atoms. The van der Waals surface area contributed by atoms with Crippen LogP contribution in [-0.4, -0.2) is 4.98 Å². The first kappa shape index (κ1) is 16.1. The zero-order chi connectivity index (χ0) is 16.6. The highest BCUT2D eigenvalue weighted by Crippen LogP contribution is 2.15. The van der Waals surface area contributed by atoms with Crippen molar-refractivity contribution < 1.29 is 14.4 Å². The van der Waals surface area contributed by atoms with E-state index >= 15 is 0 Å². The van der Waals surface area contributed by atoms with Crippen LogP contribution in [0.4, 0.5) is 4.39 Å². The van der Waals surface area contributed by atoms with Crippen molar-refractivity contribution in [3.8, 4) is 5.75 Å². The number of nitrogens with zero attached hydrogens (tertiary/aromatic N) is 1. The van der Waals surface area contributed by atoms with Gasteiger partial charge < -0.3 is 10.1 Å². The highest BCUT2D eigenvalue weighted by Gasteiger charge is 2.01. The van der Waals surface area contributed by atoms with Crippen molar-refractivity contribution in [2.75, 3.05) is 0 Å². The van der Waals surface area contributed by atoms with Crippen molar-refractivity contribution in [1.29, 1.82) is 0 Å². The van der Waals surface area contributed by atoms with Gasteiger partial charge in [0, 0.05) is 23.5 Å². The zero-order valence-electron chi connectivity index (χ0n) is 13.4. The van der Waals surface area contributed by atoms with Crippen LogP contribution in [0.3, 0.4) is 0 Å². The van der Waals surface area contributed by atoms with Gasteiger partial charge in [-0.3, -0.25) is 4.98 Å². The molecule has 0 atom stereocenters. The number of rotatable bonds is 7. The molecule has 0 aliphatic heterocycles. The van der Waals surface area contributed by atoms with E-state index in [9.17, 15) is 4.39 Å². The van der Waals surface area contributed by atoms with Crippen LogP contribution in [0.25, 0.3) is 0 Å². The Kier molecular flexibility index (Phi) is 5.53. The molecule has 0 amide bonds. The Morgan fingerprint density at radius 2 is 1.58 bits per heavy atom. The SMILES string of the molecule is Fc1ccc(COc2cccc(C[NH2+]Cc3ccncc3)c2)cc1. The molecule has 2 N–H and O–H groups in total. The Balaban J connectivity index is 1.51. The van der Waals surface area contributed by atoms with Gasteiger partial charge in [-0.1, -0.05) is 24.3 Å². The van der Waals surface area contributed by atoms with E-state index in [0.717, 1.165) is 24.4 Å². The molecule has 0 fully saturated rings. The van der Waals surface area contributed by atoms with Gasteiger partial charge in [-0.15, -0.1) is 0 Å². The molecule has 3 nitrogen and oxygen atoms in total. The maximum absolute atomic E-state index is 12.9. The Morgan fingerprint density at radius 1 is 0.833 bits per heavy atom. The van der Waals surface area contributed by atoms with Crippen LogP contribution in [0.5, 0.6) is 5.75 Å². The lowest BCUT2D eigenvalue weighted by molar-refractivity contribution is -0.686. The summed E-state index contributed by atoms with van der Waals surface area (Å²) in [6.45, 7) is 2.24. The fourth-order valence-corrected chi connectivity index (χ4v) is 2.43. The van der Waals surface area contributed by atoms with Crippen LogP contribution in [0.1, 0.15) is 16.7 Å². The molecule has 4 heteroatoms. The summed E-state index contributed by atoms with van der Waals surface area (Å²) in [6.07, 6.45) is 3.63. The first-order valence-corrected chi connectivity index (χ1v) is 7.96. The highest BCUT2D eigenvalue weighted by molar-refractivity contribution is 5.28. The third-order valence-electron chi connectivity index (χ3n) is 3.73. The summed E-state index contributed by atoms with van der Waals surface area (Å²) in [6, 6.07) is 18.5. The normalized spacial score (nSPS) is 10.5. The third-order valence-corrected chi connectivity index (χ3v) is 3.73. The minimum atomic E-state index is -0.231. The lowest BCUT2D eigenvalue weighted by Gasteiger charge is -2.08. The molecule has 24 heavy (non-hydrogen) atoms. The Hall–Kier alpha value is -2.72. The second kappa shape index (κ2) is 8.22. The van der Waals surface area contributed by atoms with Gasteiger partial charge in [0.25, 0.3) is 0 Å². The largest absolute Gasteiger partial charge is 0.489 e. The van der Waals surface area contributed by atoms with Crippen molar-refractivity contribution in [2.45, 2.75) is 19.7 Å². The average molecular weight is 323 g/mol. The maximum Gasteiger partial charge on any atom is 0.123 e. The lowest BCUT2D eigenvalue weighted by atomic mass is 10.2. The standard InChI is InChI=1S/C20H19FN2O/c21-19-6-4-17(5-7-19)15-24-20-3-1-2-18(12-20)14-23-13-16-8-10-22-11-9-16/h1-12,23H,13-15H2/p+1. The Labute approximate surface area is 141 Å². The minimum absolute atomic E-state index is 0.231. The first-order chi connectivity index (χ1) is 11.8. The molecule has 0 saturated heterocycles. The molecule has 2 aromatic carbocycles. The maximum atomic E-state index is 12.9. The molecule has 0 unspecified atom stereocenters. The minimum Gasteiger partial charge on any atom is -0.489 e. The smallest absolute Gasteiger partial charge is 0.123 e. The van der Waals surface area contributed by atoms with Crippen LogP contribution in [0.15, 0.2) is 73.1 Å². The third kappa shape index (κ3) is 4.89. The molecule has 3 rings (SSSR count). The van der Waals surface area contributed by atoms with Gasteiger partial charge >= 0.3 is 0 Å². The second-order valence-corrected chi connectivity index (χ2v) is 5.61. The predicted molar refractivity (Wildman–Crippen MR) is 90.7 cm³/mol. The first-order valence-electron chi connectivity index (χ1n) is 7.96. The molecular formula is C20H20FN2O+. The molecule has 122 valence electrons. The molecule has 0 aliphatic carbocycles. The fourth-order valence-electron chi connectivity index (χ4n) is 2.43. The highest BCUT2D eigenvalue weighted by atomic mass is 19.1. The van der Waals surface area contributed by atoms with E-state index in [1.165, 1.54) is 23.3 Å². The summed E-state index contributed by atoms with van der Waals surface area (Å²) < 4.78 is 18.7. The van der Waals surface area contributed by atoms with Crippen LogP contribution >= 0.6 is 0 Å². The molecular weight excluding hydrogens is 303 g/mol. The van der Waals surface area contributed by atoms with E-state index in [1.807, 2.05) is 42.7 Å². The molecule has 0 saturated carbocycles.